The maximum Gasteiger partial charge on any atom is 0.277 e. The molecule has 1 heterocycles. The summed E-state index contributed by atoms with van der Waals surface area (Å²) in [6.45, 7) is 1.80. The molecule has 3 rings (SSSR count). The Morgan fingerprint density at radius 2 is 1.77 bits per heavy atom. The van der Waals surface area contributed by atoms with Gasteiger partial charge in [0.05, 0.1) is 19.5 Å². The summed E-state index contributed by atoms with van der Waals surface area (Å²) >= 11 is 1.22. The van der Waals surface area contributed by atoms with Crippen molar-refractivity contribution in [2.75, 3.05) is 14.2 Å². The van der Waals surface area contributed by atoms with Gasteiger partial charge in [-0.15, -0.1) is 10.2 Å². The van der Waals surface area contributed by atoms with Crippen molar-refractivity contribution < 1.29 is 18.7 Å². The predicted molar refractivity (Wildman–Crippen MR) is 98.9 cm³/mol. The molecule has 0 saturated heterocycles. The van der Waals surface area contributed by atoms with Gasteiger partial charge in [-0.1, -0.05) is 30.0 Å². The van der Waals surface area contributed by atoms with Crippen LogP contribution in [0.15, 0.2) is 58.2 Å². The lowest BCUT2D eigenvalue weighted by Crippen LogP contribution is -2.13. The SMILES string of the molecule is COc1ccc(C(=O)[C@H](C)Sc2nnc(-c3ccccc3)o2)cc1OC. The van der Waals surface area contributed by atoms with Crippen LogP contribution in [0.25, 0.3) is 11.5 Å². The largest absolute Gasteiger partial charge is 0.493 e. The van der Waals surface area contributed by atoms with Gasteiger partial charge in [-0.25, -0.2) is 0 Å². The Hall–Kier alpha value is -2.80. The number of ether oxygens (including phenoxy) is 2. The fourth-order valence-corrected chi connectivity index (χ4v) is 3.14. The highest BCUT2D eigenvalue weighted by Crippen LogP contribution is 2.31. The van der Waals surface area contributed by atoms with Gasteiger partial charge in [0, 0.05) is 11.1 Å². The monoisotopic (exact) mass is 370 g/mol. The highest BCUT2D eigenvalue weighted by atomic mass is 32.2. The molecule has 2 aromatic carbocycles. The molecule has 1 aromatic heterocycles. The van der Waals surface area contributed by atoms with Crippen molar-refractivity contribution in [3.05, 3.63) is 54.1 Å². The third-order valence-corrected chi connectivity index (χ3v) is 4.68. The summed E-state index contributed by atoms with van der Waals surface area (Å²) in [4.78, 5) is 12.7. The zero-order chi connectivity index (χ0) is 18.5. The summed E-state index contributed by atoms with van der Waals surface area (Å²) in [5, 5.41) is 8.02. The Kier molecular flexibility index (Phi) is 5.58. The van der Waals surface area contributed by atoms with Crippen molar-refractivity contribution in [3.63, 3.8) is 0 Å². The summed E-state index contributed by atoms with van der Waals surface area (Å²) in [7, 11) is 3.09. The molecule has 0 amide bonds. The van der Waals surface area contributed by atoms with Gasteiger partial charge >= 0.3 is 0 Å². The molecule has 1 atom stereocenters. The molecule has 0 aliphatic heterocycles. The molecule has 0 radical (unpaired) electrons. The maximum atomic E-state index is 12.7. The molecule has 6 nitrogen and oxygen atoms in total. The summed E-state index contributed by atoms with van der Waals surface area (Å²) in [5.41, 5.74) is 1.37. The lowest BCUT2D eigenvalue weighted by molar-refractivity contribution is 0.0993. The number of carbonyl (C=O) groups is 1. The molecular weight excluding hydrogens is 352 g/mol. The normalized spacial score (nSPS) is 11.8. The molecule has 0 unspecified atom stereocenters. The third-order valence-electron chi connectivity index (χ3n) is 3.74. The van der Waals surface area contributed by atoms with Gasteiger partial charge in [0.2, 0.25) is 5.89 Å². The molecule has 0 spiro atoms. The Morgan fingerprint density at radius 3 is 2.46 bits per heavy atom. The van der Waals surface area contributed by atoms with Gasteiger partial charge < -0.3 is 13.9 Å². The molecule has 3 aromatic rings. The van der Waals surface area contributed by atoms with E-state index in [2.05, 4.69) is 10.2 Å². The van der Waals surface area contributed by atoms with E-state index in [1.807, 2.05) is 30.3 Å². The molecular formula is C19H18N2O4S. The van der Waals surface area contributed by atoms with E-state index in [-0.39, 0.29) is 5.78 Å². The van der Waals surface area contributed by atoms with Crippen molar-refractivity contribution in [2.24, 2.45) is 0 Å². The Labute approximate surface area is 155 Å². The van der Waals surface area contributed by atoms with E-state index in [9.17, 15) is 4.79 Å². The van der Waals surface area contributed by atoms with Crippen LogP contribution in [-0.4, -0.2) is 35.5 Å². The zero-order valence-corrected chi connectivity index (χ0v) is 15.4. The second-order valence-electron chi connectivity index (χ2n) is 5.43. The third kappa shape index (κ3) is 3.88. The van der Waals surface area contributed by atoms with E-state index in [0.29, 0.717) is 28.2 Å². The minimum atomic E-state index is -0.392. The van der Waals surface area contributed by atoms with Gasteiger partial charge in [0.25, 0.3) is 5.22 Å². The van der Waals surface area contributed by atoms with Crippen molar-refractivity contribution >= 4 is 17.5 Å². The van der Waals surface area contributed by atoms with Crippen LogP contribution in [0.1, 0.15) is 17.3 Å². The van der Waals surface area contributed by atoms with E-state index in [1.165, 1.54) is 18.9 Å². The van der Waals surface area contributed by atoms with Crippen LogP contribution >= 0.6 is 11.8 Å². The van der Waals surface area contributed by atoms with Crippen LogP contribution in [0.3, 0.4) is 0 Å². The van der Waals surface area contributed by atoms with Crippen LogP contribution in [0, 0.1) is 0 Å². The Morgan fingerprint density at radius 1 is 1.04 bits per heavy atom. The number of methoxy groups -OCH3 is 2. The summed E-state index contributed by atoms with van der Waals surface area (Å²) in [6, 6.07) is 14.6. The lowest BCUT2D eigenvalue weighted by Gasteiger charge is -2.11. The summed E-state index contributed by atoms with van der Waals surface area (Å²) < 4.78 is 16.1. The maximum absolute atomic E-state index is 12.7. The van der Waals surface area contributed by atoms with E-state index in [1.54, 1.807) is 32.2 Å². The fraction of sp³-hybridized carbons (Fsp3) is 0.211. The van der Waals surface area contributed by atoms with Crippen LogP contribution in [0.4, 0.5) is 0 Å². The van der Waals surface area contributed by atoms with Crippen LogP contribution in [0.2, 0.25) is 0 Å². The van der Waals surface area contributed by atoms with Gasteiger partial charge in [0.1, 0.15) is 0 Å². The van der Waals surface area contributed by atoms with Crippen molar-refractivity contribution in [1.82, 2.24) is 10.2 Å². The molecule has 134 valence electrons. The molecule has 0 aliphatic carbocycles. The second kappa shape index (κ2) is 8.05. The minimum Gasteiger partial charge on any atom is -0.493 e. The smallest absolute Gasteiger partial charge is 0.277 e. The Balaban J connectivity index is 1.73. The van der Waals surface area contributed by atoms with E-state index >= 15 is 0 Å². The molecule has 0 fully saturated rings. The van der Waals surface area contributed by atoms with Crippen molar-refractivity contribution in [1.29, 1.82) is 0 Å². The van der Waals surface area contributed by atoms with Crippen molar-refractivity contribution in [3.8, 4) is 23.0 Å². The number of aromatic nitrogens is 2. The standard InChI is InChI=1S/C19H18N2O4S/c1-12(17(22)14-9-10-15(23-2)16(11-14)24-3)26-19-21-20-18(25-19)13-7-5-4-6-8-13/h4-12H,1-3H3/t12-/m0/s1. The summed E-state index contributed by atoms with van der Waals surface area (Å²) in [5.74, 6) is 1.46. The van der Waals surface area contributed by atoms with E-state index in [4.69, 9.17) is 13.9 Å². The van der Waals surface area contributed by atoms with E-state index in [0.717, 1.165) is 5.56 Å². The highest BCUT2D eigenvalue weighted by molar-refractivity contribution is 8.00. The number of Topliss-reactive ketones (excluding diaryl/α,β-unsaturated/α-hetero) is 1. The number of carbonyl (C=O) groups excluding carboxylic acids is 1. The molecule has 0 N–H and O–H groups in total. The number of thioether (sulfide) groups is 1. The minimum absolute atomic E-state index is 0.0598. The van der Waals surface area contributed by atoms with Crippen LogP contribution < -0.4 is 9.47 Å². The summed E-state index contributed by atoms with van der Waals surface area (Å²) in [6.07, 6.45) is 0. The number of benzene rings is 2. The first kappa shape index (κ1) is 18.0. The molecule has 0 saturated carbocycles. The lowest BCUT2D eigenvalue weighted by atomic mass is 10.1. The fourth-order valence-electron chi connectivity index (χ4n) is 2.38. The average molecular weight is 370 g/mol. The van der Waals surface area contributed by atoms with Gasteiger partial charge in [-0.05, 0) is 37.3 Å². The topological polar surface area (TPSA) is 74.5 Å². The molecule has 7 heteroatoms. The first-order valence-corrected chi connectivity index (χ1v) is 8.82. The van der Waals surface area contributed by atoms with Crippen LogP contribution in [-0.2, 0) is 0 Å². The average Bonchev–Trinajstić information content (AvgIpc) is 3.16. The van der Waals surface area contributed by atoms with Crippen molar-refractivity contribution in [2.45, 2.75) is 17.4 Å². The highest BCUT2D eigenvalue weighted by Gasteiger charge is 2.21. The number of nitrogens with zero attached hydrogens (tertiary/aromatic N) is 2. The number of rotatable bonds is 7. The predicted octanol–water partition coefficient (Wildman–Crippen LogP) is 4.12. The Bertz CT molecular complexity index is 896. The van der Waals surface area contributed by atoms with Crippen LogP contribution in [0.5, 0.6) is 11.5 Å². The number of hydrogen-bond acceptors (Lipinski definition) is 7. The zero-order valence-electron chi connectivity index (χ0n) is 14.6. The molecule has 0 aliphatic rings. The van der Waals surface area contributed by atoms with Gasteiger partial charge in [-0.3, -0.25) is 4.79 Å². The first-order chi connectivity index (χ1) is 12.6. The molecule has 26 heavy (non-hydrogen) atoms. The second-order valence-corrected chi connectivity index (χ2v) is 6.73. The number of ketones is 1. The number of hydrogen-bond donors (Lipinski definition) is 0. The molecule has 0 bridgehead atoms. The quantitative estimate of drug-likeness (QED) is 0.457. The van der Waals surface area contributed by atoms with Gasteiger partial charge in [0.15, 0.2) is 17.3 Å². The van der Waals surface area contributed by atoms with E-state index < -0.39 is 5.25 Å². The van der Waals surface area contributed by atoms with Gasteiger partial charge in [-0.2, -0.15) is 0 Å². The first-order valence-electron chi connectivity index (χ1n) is 7.94.